The molecule has 1 aliphatic rings. The SMILES string of the molecule is CC(=O)NCC(=Cc1ccc(C=O)cc1C(F)(F)F)B1OC(C)(C)C(C)(C)O1. The minimum absolute atomic E-state index is 0.0428. The van der Waals surface area contributed by atoms with Gasteiger partial charge in [-0.1, -0.05) is 18.2 Å². The molecule has 0 saturated carbocycles. The second kappa shape index (κ2) is 7.71. The van der Waals surface area contributed by atoms with Crippen molar-refractivity contribution in [2.75, 3.05) is 6.54 Å². The number of alkyl halides is 3. The van der Waals surface area contributed by atoms with E-state index in [2.05, 4.69) is 5.32 Å². The standard InChI is InChI=1S/C19H23BF3NO4/c1-12(26)24-10-15(20-27-17(2,3)18(4,5)28-20)9-14-7-6-13(11-25)8-16(14)19(21,22)23/h6-9,11H,10H2,1-5H3,(H,24,26). The fraction of sp³-hybridized carbons (Fsp3) is 0.474. The van der Waals surface area contributed by atoms with Gasteiger partial charge >= 0.3 is 13.3 Å². The van der Waals surface area contributed by atoms with Crippen LogP contribution in [0, 0.1) is 0 Å². The maximum absolute atomic E-state index is 13.5. The number of carbonyl (C=O) groups excluding carboxylic acids is 2. The van der Waals surface area contributed by atoms with Crippen LogP contribution in [0.4, 0.5) is 13.2 Å². The number of hydrogen-bond donors (Lipinski definition) is 1. The molecule has 1 aliphatic heterocycles. The lowest BCUT2D eigenvalue weighted by Gasteiger charge is -2.32. The molecule has 0 atom stereocenters. The van der Waals surface area contributed by atoms with Crippen molar-refractivity contribution in [1.29, 1.82) is 0 Å². The Bertz CT molecular complexity index is 787. The van der Waals surface area contributed by atoms with Gasteiger partial charge in [0.15, 0.2) is 0 Å². The van der Waals surface area contributed by atoms with E-state index in [9.17, 15) is 22.8 Å². The predicted octanol–water partition coefficient (Wildman–Crippen LogP) is 3.67. The van der Waals surface area contributed by atoms with Gasteiger partial charge in [-0.15, -0.1) is 0 Å². The van der Waals surface area contributed by atoms with Gasteiger partial charge in [0.25, 0.3) is 0 Å². The largest absolute Gasteiger partial charge is 0.492 e. The lowest BCUT2D eigenvalue weighted by atomic mass is 9.76. The summed E-state index contributed by atoms with van der Waals surface area (Å²) in [5.41, 5.74) is -2.23. The zero-order chi connectivity index (χ0) is 21.3. The lowest BCUT2D eigenvalue weighted by molar-refractivity contribution is -0.137. The molecule has 1 N–H and O–H groups in total. The zero-order valence-electron chi connectivity index (χ0n) is 16.4. The molecule has 28 heavy (non-hydrogen) atoms. The van der Waals surface area contributed by atoms with Crippen molar-refractivity contribution in [3.63, 3.8) is 0 Å². The average molecular weight is 397 g/mol. The monoisotopic (exact) mass is 397 g/mol. The van der Waals surface area contributed by atoms with E-state index in [1.54, 1.807) is 0 Å². The van der Waals surface area contributed by atoms with Crippen LogP contribution in [-0.4, -0.2) is 37.1 Å². The Balaban J connectivity index is 2.52. The molecule has 0 bridgehead atoms. The first kappa shape index (κ1) is 22.2. The molecule has 0 aromatic heterocycles. The van der Waals surface area contributed by atoms with Crippen LogP contribution >= 0.6 is 0 Å². The Labute approximate surface area is 162 Å². The van der Waals surface area contributed by atoms with Crippen LogP contribution in [0.15, 0.2) is 23.7 Å². The summed E-state index contributed by atoms with van der Waals surface area (Å²) in [6.45, 7) is 8.55. The van der Waals surface area contributed by atoms with Crippen LogP contribution in [0.2, 0.25) is 0 Å². The third kappa shape index (κ3) is 4.83. The van der Waals surface area contributed by atoms with Crippen LogP contribution < -0.4 is 5.32 Å². The molecule has 1 heterocycles. The van der Waals surface area contributed by atoms with E-state index in [0.717, 1.165) is 6.07 Å². The molecule has 1 saturated heterocycles. The first-order valence-electron chi connectivity index (χ1n) is 8.74. The summed E-state index contributed by atoms with van der Waals surface area (Å²) in [7, 11) is -0.927. The Morgan fingerprint density at radius 2 is 1.75 bits per heavy atom. The summed E-state index contributed by atoms with van der Waals surface area (Å²) >= 11 is 0. The summed E-state index contributed by atoms with van der Waals surface area (Å²) in [4.78, 5) is 22.2. The Morgan fingerprint density at radius 3 is 2.21 bits per heavy atom. The van der Waals surface area contributed by atoms with Gasteiger partial charge in [0.1, 0.15) is 6.29 Å². The summed E-state index contributed by atoms with van der Waals surface area (Å²) < 4.78 is 52.3. The molecule has 1 aromatic rings. The van der Waals surface area contributed by atoms with Gasteiger partial charge in [-0.3, -0.25) is 9.59 Å². The highest BCUT2D eigenvalue weighted by Gasteiger charge is 2.52. The smallest absolute Gasteiger partial charge is 0.400 e. The molecule has 0 unspecified atom stereocenters. The normalized spacial score (nSPS) is 18.9. The minimum atomic E-state index is -4.65. The average Bonchev–Trinajstić information content (AvgIpc) is 2.78. The number of aldehydes is 1. The van der Waals surface area contributed by atoms with E-state index in [0.29, 0.717) is 11.8 Å². The molecule has 9 heteroatoms. The highest BCUT2D eigenvalue weighted by Crippen LogP contribution is 2.39. The molecule has 0 spiro atoms. The first-order valence-corrected chi connectivity index (χ1v) is 8.74. The van der Waals surface area contributed by atoms with Crippen molar-refractivity contribution >= 4 is 25.4 Å². The van der Waals surface area contributed by atoms with Gasteiger partial charge in [0.2, 0.25) is 5.91 Å². The Kier molecular flexibility index (Phi) is 6.11. The van der Waals surface area contributed by atoms with Crippen LogP contribution in [0.5, 0.6) is 0 Å². The van der Waals surface area contributed by atoms with Crippen molar-refractivity contribution in [2.45, 2.75) is 52.0 Å². The van der Waals surface area contributed by atoms with Gasteiger partial charge in [-0.2, -0.15) is 13.2 Å². The van der Waals surface area contributed by atoms with E-state index in [1.807, 2.05) is 27.7 Å². The van der Waals surface area contributed by atoms with E-state index >= 15 is 0 Å². The Morgan fingerprint density at radius 1 is 1.18 bits per heavy atom. The summed E-state index contributed by atoms with van der Waals surface area (Å²) in [6, 6.07) is 3.30. The number of halogens is 3. The van der Waals surface area contributed by atoms with Crippen LogP contribution in [-0.2, 0) is 20.3 Å². The number of benzene rings is 1. The molecule has 0 radical (unpaired) electrons. The van der Waals surface area contributed by atoms with E-state index in [4.69, 9.17) is 9.31 Å². The molecule has 152 valence electrons. The number of rotatable bonds is 5. The third-order valence-corrected chi connectivity index (χ3v) is 4.96. The third-order valence-electron chi connectivity index (χ3n) is 4.96. The predicted molar refractivity (Wildman–Crippen MR) is 99.6 cm³/mol. The van der Waals surface area contributed by atoms with E-state index < -0.39 is 30.1 Å². The minimum Gasteiger partial charge on any atom is -0.400 e. The van der Waals surface area contributed by atoms with Crippen molar-refractivity contribution in [3.8, 4) is 0 Å². The fourth-order valence-corrected chi connectivity index (χ4v) is 2.64. The molecule has 1 fully saturated rings. The maximum Gasteiger partial charge on any atom is 0.492 e. The molecule has 5 nitrogen and oxygen atoms in total. The first-order chi connectivity index (χ1) is 12.8. The highest BCUT2D eigenvalue weighted by molar-refractivity contribution is 6.56. The van der Waals surface area contributed by atoms with Crippen molar-refractivity contribution in [2.24, 2.45) is 0 Å². The quantitative estimate of drug-likeness (QED) is 0.609. The Hall–Kier alpha value is -2.13. The molecular formula is C19H23BF3NO4. The van der Waals surface area contributed by atoms with Crippen LogP contribution in [0.1, 0.15) is 56.1 Å². The van der Waals surface area contributed by atoms with Gasteiger partial charge in [-0.05, 0) is 44.8 Å². The molecule has 1 aromatic carbocycles. The van der Waals surface area contributed by atoms with E-state index in [1.165, 1.54) is 25.1 Å². The molecular weight excluding hydrogens is 374 g/mol. The zero-order valence-corrected chi connectivity index (χ0v) is 16.4. The highest BCUT2D eigenvalue weighted by atomic mass is 19.4. The van der Waals surface area contributed by atoms with Gasteiger partial charge in [0, 0.05) is 19.0 Å². The lowest BCUT2D eigenvalue weighted by Crippen LogP contribution is -2.41. The molecule has 2 rings (SSSR count). The van der Waals surface area contributed by atoms with Gasteiger partial charge < -0.3 is 14.6 Å². The van der Waals surface area contributed by atoms with Crippen LogP contribution in [0.3, 0.4) is 0 Å². The second-order valence-corrected chi connectivity index (χ2v) is 7.68. The van der Waals surface area contributed by atoms with Crippen molar-refractivity contribution in [3.05, 3.63) is 40.4 Å². The number of hydrogen-bond acceptors (Lipinski definition) is 4. The van der Waals surface area contributed by atoms with Crippen molar-refractivity contribution in [1.82, 2.24) is 5.32 Å². The maximum atomic E-state index is 13.5. The number of nitrogens with one attached hydrogen (secondary N) is 1. The fourth-order valence-electron chi connectivity index (χ4n) is 2.64. The molecule has 1 amide bonds. The van der Waals surface area contributed by atoms with Crippen LogP contribution in [0.25, 0.3) is 6.08 Å². The molecule has 0 aliphatic carbocycles. The second-order valence-electron chi connectivity index (χ2n) is 7.68. The number of amides is 1. The summed E-state index contributed by atoms with van der Waals surface area (Å²) in [5, 5.41) is 2.57. The summed E-state index contributed by atoms with van der Waals surface area (Å²) in [5.74, 6) is -0.338. The van der Waals surface area contributed by atoms with E-state index in [-0.39, 0.29) is 23.6 Å². The van der Waals surface area contributed by atoms with Gasteiger partial charge in [-0.25, -0.2) is 0 Å². The topological polar surface area (TPSA) is 64.6 Å². The number of carbonyl (C=O) groups is 2. The summed E-state index contributed by atoms with van der Waals surface area (Å²) in [6.07, 6.45) is -3.01. The van der Waals surface area contributed by atoms with Crippen molar-refractivity contribution < 1.29 is 32.1 Å². The van der Waals surface area contributed by atoms with Gasteiger partial charge in [0.05, 0.1) is 16.8 Å².